The van der Waals surface area contributed by atoms with E-state index in [2.05, 4.69) is 113 Å². The summed E-state index contributed by atoms with van der Waals surface area (Å²) in [7, 11) is 3.50. The molecule has 4 N–H and O–H groups in total. The second-order valence-electron chi connectivity index (χ2n) is 23.6. The normalized spacial score (nSPS) is 14.0. The van der Waals surface area contributed by atoms with Crippen molar-refractivity contribution < 1.29 is 43.3 Å². The lowest BCUT2D eigenvalue weighted by molar-refractivity contribution is -0.143. The number of amides is 5. The van der Waals surface area contributed by atoms with Crippen LogP contribution in [0.2, 0.25) is 0 Å². The minimum atomic E-state index is -0.774. The quantitative estimate of drug-likeness (QED) is 0.0526. The number of carboxylic acids is 1. The number of aryl methyl sites for hydroxylation is 4. The van der Waals surface area contributed by atoms with Gasteiger partial charge in [0.25, 0.3) is 0 Å². The summed E-state index contributed by atoms with van der Waals surface area (Å²) in [5, 5.41) is 18.1. The molecule has 0 radical (unpaired) electrons. The Kier molecular flexibility index (Phi) is 29.6. The second kappa shape index (κ2) is 35.9. The van der Waals surface area contributed by atoms with Gasteiger partial charge in [-0.05, 0) is 174 Å². The van der Waals surface area contributed by atoms with Gasteiger partial charge in [0, 0.05) is 51.2 Å². The van der Waals surface area contributed by atoms with Gasteiger partial charge in [0.2, 0.25) is 17.7 Å². The fourth-order valence-electron chi connectivity index (χ4n) is 9.95. The number of likely N-dealkylation sites (tertiary alicyclic amines) is 2. The predicted octanol–water partition coefficient (Wildman–Crippen LogP) is 11.1. The molecule has 2 fully saturated rings. The number of benzene rings is 4. The predicted molar refractivity (Wildman–Crippen MR) is 322 cm³/mol. The van der Waals surface area contributed by atoms with E-state index < -0.39 is 17.2 Å². The molecule has 4 aromatic rings. The van der Waals surface area contributed by atoms with E-state index in [0.29, 0.717) is 58.4 Å². The van der Waals surface area contributed by atoms with Crippen molar-refractivity contribution >= 4 is 35.9 Å². The van der Waals surface area contributed by atoms with Crippen LogP contribution in [0.15, 0.2) is 121 Å². The molecular weight excluding hydrogens is 1020 g/mol. The van der Waals surface area contributed by atoms with Gasteiger partial charge in [0.15, 0.2) is 0 Å². The molecule has 15 nitrogen and oxygen atoms in total. The molecule has 2 aliphatic heterocycles. The van der Waals surface area contributed by atoms with Crippen LogP contribution in [0.25, 0.3) is 0 Å². The number of hydrogen-bond donors (Lipinski definition) is 4. The molecule has 4 aromatic carbocycles. The number of likely N-dealkylation sites (N-methyl/N-ethyl adjacent to an activating group) is 2. The van der Waals surface area contributed by atoms with Crippen LogP contribution in [0.4, 0.5) is 9.59 Å². The Labute approximate surface area is 484 Å². The number of nitrogens with one attached hydrogen (secondary N) is 3. The summed E-state index contributed by atoms with van der Waals surface area (Å²) in [5.74, 6) is -1.35. The third kappa shape index (κ3) is 28.5. The maximum atomic E-state index is 13.1. The highest BCUT2D eigenvalue weighted by molar-refractivity contribution is 5.86. The molecule has 0 bridgehead atoms. The van der Waals surface area contributed by atoms with Gasteiger partial charge in [-0.2, -0.15) is 0 Å². The van der Waals surface area contributed by atoms with Gasteiger partial charge < -0.3 is 45.2 Å². The molecule has 5 amide bonds. The average molecular weight is 1120 g/mol. The molecule has 15 heteroatoms. The molecule has 6 rings (SSSR count). The van der Waals surface area contributed by atoms with Crippen LogP contribution < -0.4 is 16.0 Å². The first kappa shape index (κ1) is 66.8. The van der Waals surface area contributed by atoms with E-state index in [1.165, 1.54) is 27.2 Å². The molecule has 2 heterocycles. The monoisotopic (exact) mass is 1120 g/mol. The molecule has 0 unspecified atom stereocenters. The van der Waals surface area contributed by atoms with Crippen molar-refractivity contribution in [1.29, 1.82) is 0 Å². The first-order valence-corrected chi connectivity index (χ1v) is 29.5. The highest BCUT2D eigenvalue weighted by atomic mass is 16.6. The largest absolute Gasteiger partial charge is 0.481 e. The summed E-state index contributed by atoms with van der Waals surface area (Å²) in [6.45, 7) is 13.3. The van der Waals surface area contributed by atoms with Crippen molar-refractivity contribution in [2.45, 2.75) is 168 Å². The van der Waals surface area contributed by atoms with Crippen molar-refractivity contribution in [2.24, 2.45) is 11.8 Å². The number of rotatable bonds is 24. The number of carbonyl (C=O) groups excluding carboxylic acids is 5. The molecule has 0 spiro atoms. The summed E-state index contributed by atoms with van der Waals surface area (Å²) in [6, 6.07) is 42.3. The average Bonchev–Trinajstić information content (AvgIpc) is 3.44. The van der Waals surface area contributed by atoms with E-state index in [0.717, 1.165) is 77.0 Å². The van der Waals surface area contributed by atoms with Gasteiger partial charge in [0.05, 0.1) is 19.0 Å². The van der Waals surface area contributed by atoms with Gasteiger partial charge in [0.1, 0.15) is 11.2 Å². The number of ether oxygens (including phenoxy) is 2. The van der Waals surface area contributed by atoms with Crippen LogP contribution >= 0.6 is 0 Å². The second-order valence-corrected chi connectivity index (χ2v) is 23.6. The van der Waals surface area contributed by atoms with E-state index in [1.54, 1.807) is 23.9 Å². The van der Waals surface area contributed by atoms with Crippen LogP contribution in [0, 0.1) is 11.8 Å². The fourth-order valence-corrected chi connectivity index (χ4v) is 9.95. The van der Waals surface area contributed by atoms with Crippen molar-refractivity contribution in [1.82, 2.24) is 30.7 Å². The number of carboxylic acid groups (broad SMARTS) is 1. The topological polar surface area (TPSA) is 187 Å². The third-order valence-corrected chi connectivity index (χ3v) is 14.3. The Morgan fingerprint density at radius 2 is 0.827 bits per heavy atom. The highest BCUT2D eigenvalue weighted by Crippen LogP contribution is 2.23. The SMILES string of the molecule is CC(C)(C)OC(=O)N1CCC(C(=O)O)CC1.CN(CC(=O)NC(CCCc1ccccc1)CCCc1ccccc1)C(=O)C1CCN(C(=O)OC(C)(C)C)CC1.CNCC(=O)NC(CCCc1ccccc1)CCCc1ccccc1. The molecule has 0 atom stereocenters. The zero-order valence-electron chi connectivity index (χ0n) is 50.0. The zero-order valence-corrected chi connectivity index (χ0v) is 50.0. The highest BCUT2D eigenvalue weighted by Gasteiger charge is 2.32. The molecule has 2 saturated heterocycles. The Morgan fingerprint density at radius 1 is 0.519 bits per heavy atom. The Balaban J connectivity index is 0.000000291. The summed E-state index contributed by atoms with van der Waals surface area (Å²) in [5.41, 5.74) is 4.30. The summed E-state index contributed by atoms with van der Waals surface area (Å²) in [6.07, 6.45) is 13.6. The van der Waals surface area contributed by atoms with Crippen molar-refractivity contribution in [3.63, 3.8) is 0 Å². The van der Waals surface area contributed by atoms with E-state index in [-0.39, 0.29) is 60.4 Å². The lowest BCUT2D eigenvalue weighted by Gasteiger charge is -2.34. The number of nitrogens with zero attached hydrogens (tertiary/aromatic N) is 3. The Bertz CT molecular complexity index is 2340. The molecule has 81 heavy (non-hydrogen) atoms. The number of carbonyl (C=O) groups is 6. The minimum Gasteiger partial charge on any atom is -0.481 e. The van der Waals surface area contributed by atoms with Gasteiger partial charge in [-0.15, -0.1) is 0 Å². The summed E-state index contributed by atoms with van der Waals surface area (Å²) >= 11 is 0. The van der Waals surface area contributed by atoms with Crippen molar-refractivity contribution in [2.75, 3.05) is 53.4 Å². The van der Waals surface area contributed by atoms with E-state index in [9.17, 15) is 28.8 Å². The maximum Gasteiger partial charge on any atom is 0.410 e. The lowest BCUT2D eigenvalue weighted by Crippen LogP contribution is -2.47. The van der Waals surface area contributed by atoms with Gasteiger partial charge >= 0.3 is 18.2 Å². The molecule has 2 aliphatic rings. The van der Waals surface area contributed by atoms with Crippen LogP contribution in [0.1, 0.15) is 141 Å². The van der Waals surface area contributed by atoms with E-state index in [4.69, 9.17) is 14.6 Å². The first-order valence-electron chi connectivity index (χ1n) is 29.5. The summed E-state index contributed by atoms with van der Waals surface area (Å²) in [4.78, 5) is 77.5. The van der Waals surface area contributed by atoms with Gasteiger partial charge in [-0.3, -0.25) is 19.2 Å². The fraction of sp³-hybridized carbons (Fsp3) is 0.545. The Hall–Kier alpha value is -6.74. The number of aliphatic carboxylic acids is 1. The number of hydrogen-bond acceptors (Lipinski definition) is 9. The Morgan fingerprint density at radius 3 is 1.12 bits per heavy atom. The third-order valence-electron chi connectivity index (χ3n) is 14.3. The zero-order chi connectivity index (χ0) is 59.0. The summed E-state index contributed by atoms with van der Waals surface area (Å²) < 4.78 is 10.7. The minimum absolute atomic E-state index is 0.0382. The van der Waals surface area contributed by atoms with Gasteiger partial charge in [-0.25, -0.2) is 9.59 Å². The number of piperidine rings is 2. The van der Waals surface area contributed by atoms with Crippen LogP contribution in [0.3, 0.4) is 0 Å². The molecule has 0 aliphatic carbocycles. The lowest BCUT2D eigenvalue weighted by atomic mass is 9.95. The van der Waals surface area contributed by atoms with Crippen LogP contribution in [-0.4, -0.2) is 132 Å². The van der Waals surface area contributed by atoms with Crippen LogP contribution in [-0.2, 0) is 54.3 Å². The van der Waals surface area contributed by atoms with Gasteiger partial charge in [-0.1, -0.05) is 121 Å². The molecule has 0 aromatic heterocycles. The van der Waals surface area contributed by atoms with Crippen LogP contribution in [0.5, 0.6) is 0 Å². The van der Waals surface area contributed by atoms with Crippen molar-refractivity contribution in [3.8, 4) is 0 Å². The van der Waals surface area contributed by atoms with Crippen molar-refractivity contribution in [3.05, 3.63) is 144 Å². The van der Waals surface area contributed by atoms with E-state index >= 15 is 0 Å². The van der Waals surface area contributed by atoms with E-state index in [1.807, 2.05) is 65.8 Å². The maximum absolute atomic E-state index is 13.1. The molecule has 0 saturated carbocycles. The smallest absolute Gasteiger partial charge is 0.410 e. The molecule has 444 valence electrons. The first-order chi connectivity index (χ1) is 38.7. The molecular formula is C66H96N6O9. The standard InChI is InChI=1S/C33H47N3O4.C22H30N2O.C11H19NO4/c1-33(2,3)40-32(39)36-23-21-28(22-24-36)31(38)35(4)25-30(37)34-29(19-11-17-26-13-7-5-8-14-26)20-12-18-27-15-9-6-10-16-27;1-23-18-22(25)24-21(16-8-14-19-10-4-2-5-11-19)17-9-15-20-12-6-3-7-13-20;1-11(2,3)16-10(15)12-6-4-8(5-7-12)9(13)14/h5-10,13-16,28-29H,11-12,17-25H2,1-4H3,(H,34,37);2-7,10-13,21,23H,8-9,14-18H2,1H3,(H,24,25);8H,4-7H2,1-3H3,(H,13,14).